The minimum absolute atomic E-state index is 0.410. The Hall–Kier alpha value is -2.00. The predicted molar refractivity (Wildman–Crippen MR) is 80.8 cm³/mol. The van der Waals surface area contributed by atoms with Crippen molar-refractivity contribution in [3.63, 3.8) is 0 Å². The van der Waals surface area contributed by atoms with Gasteiger partial charge in [-0.3, -0.25) is 0 Å². The normalized spacial score (nSPS) is 11.0. The molecular weight excluding hydrogens is 268 g/mol. The molecule has 1 amide bonds. The summed E-state index contributed by atoms with van der Waals surface area (Å²) in [4.78, 5) is 11.4. The van der Waals surface area contributed by atoms with Crippen LogP contribution in [0.5, 0.6) is 0 Å². The summed E-state index contributed by atoms with van der Waals surface area (Å²) in [6.45, 7) is 9.26. The van der Waals surface area contributed by atoms with E-state index in [1.54, 1.807) is 0 Å². The van der Waals surface area contributed by atoms with E-state index in [1.165, 1.54) is 0 Å². The second kappa shape index (κ2) is 7.14. The second-order valence-electron chi connectivity index (χ2n) is 5.92. The summed E-state index contributed by atoms with van der Waals surface area (Å²) in [6, 6.07) is 4.03. The molecule has 0 atom stereocenters. The highest BCUT2D eigenvalue weighted by molar-refractivity contribution is 5.67. The van der Waals surface area contributed by atoms with Gasteiger partial charge in [-0.15, -0.1) is 0 Å². The molecule has 0 bridgehead atoms. The van der Waals surface area contributed by atoms with Crippen LogP contribution in [0.3, 0.4) is 0 Å². The zero-order valence-corrected chi connectivity index (χ0v) is 13.4. The quantitative estimate of drug-likeness (QED) is 0.811. The topological polar surface area (TPSA) is 79.1 Å². The van der Waals surface area contributed by atoms with Crippen molar-refractivity contribution in [3.8, 4) is 6.07 Å². The molecule has 0 aliphatic rings. The van der Waals surface area contributed by atoms with Gasteiger partial charge in [0.2, 0.25) is 0 Å². The van der Waals surface area contributed by atoms with E-state index < -0.39 is 11.7 Å². The smallest absolute Gasteiger partial charge is 0.407 e. The van der Waals surface area contributed by atoms with Crippen LogP contribution in [0.15, 0.2) is 6.07 Å². The molecule has 2 N–H and O–H groups in total. The van der Waals surface area contributed by atoms with E-state index in [0.29, 0.717) is 25.3 Å². The first-order chi connectivity index (χ1) is 9.74. The molecule has 0 aromatic carbocycles. The molecule has 1 aromatic heterocycles. The summed E-state index contributed by atoms with van der Waals surface area (Å²) in [7, 11) is 1.88. The lowest BCUT2D eigenvalue weighted by Crippen LogP contribution is -2.36. The minimum atomic E-state index is -0.480. The highest BCUT2D eigenvalue weighted by atomic mass is 16.6. The number of hydrogen-bond donors (Lipinski definition) is 2. The standard InChI is InChI=1S/C15H24N4O2/c1-11-12(8-13(9-16)19(11)5)10-17-6-7-18-14(20)21-15(2,3)4/h8,17H,6-7,10H2,1-5H3,(H,18,20). The number of alkyl carbamates (subject to hydrolysis) is 1. The summed E-state index contributed by atoms with van der Waals surface area (Å²) < 4.78 is 7.01. The Morgan fingerprint density at radius 2 is 2.10 bits per heavy atom. The monoisotopic (exact) mass is 292 g/mol. The largest absolute Gasteiger partial charge is 0.444 e. The van der Waals surface area contributed by atoms with Crippen LogP contribution in [-0.4, -0.2) is 29.4 Å². The third-order valence-corrected chi connectivity index (χ3v) is 3.04. The number of hydrogen-bond acceptors (Lipinski definition) is 4. The number of carbonyl (C=O) groups excluding carboxylic acids is 1. The Bertz CT molecular complexity index is 535. The van der Waals surface area contributed by atoms with Gasteiger partial charge in [-0.25, -0.2) is 4.79 Å². The zero-order valence-electron chi connectivity index (χ0n) is 13.4. The first kappa shape index (κ1) is 17.1. The molecule has 6 heteroatoms. The van der Waals surface area contributed by atoms with Crippen LogP contribution in [0.1, 0.15) is 37.7 Å². The number of nitrogens with one attached hydrogen (secondary N) is 2. The molecule has 0 spiro atoms. The van der Waals surface area contributed by atoms with E-state index in [-0.39, 0.29) is 0 Å². The molecule has 21 heavy (non-hydrogen) atoms. The van der Waals surface area contributed by atoms with Crippen LogP contribution in [0.2, 0.25) is 0 Å². The number of carbonyl (C=O) groups is 1. The van der Waals surface area contributed by atoms with Crippen LogP contribution >= 0.6 is 0 Å². The molecule has 0 aliphatic carbocycles. The third-order valence-electron chi connectivity index (χ3n) is 3.04. The summed E-state index contributed by atoms with van der Waals surface area (Å²) >= 11 is 0. The van der Waals surface area contributed by atoms with E-state index >= 15 is 0 Å². The number of nitriles is 1. The Kier molecular flexibility index (Phi) is 5.79. The lowest BCUT2D eigenvalue weighted by molar-refractivity contribution is 0.0528. The van der Waals surface area contributed by atoms with Crippen LogP contribution < -0.4 is 10.6 Å². The maximum absolute atomic E-state index is 11.4. The number of aromatic nitrogens is 1. The van der Waals surface area contributed by atoms with Crippen molar-refractivity contribution in [1.29, 1.82) is 5.26 Å². The van der Waals surface area contributed by atoms with Crippen LogP contribution in [-0.2, 0) is 18.3 Å². The average Bonchev–Trinajstić information content (AvgIpc) is 2.64. The molecule has 1 rings (SSSR count). The molecule has 6 nitrogen and oxygen atoms in total. The highest BCUT2D eigenvalue weighted by Crippen LogP contribution is 2.12. The fraction of sp³-hybridized carbons (Fsp3) is 0.600. The van der Waals surface area contributed by atoms with Gasteiger partial charge in [0.05, 0.1) is 0 Å². The maximum atomic E-state index is 11.4. The first-order valence-electron chi connectivity index (χ1n) is 6.97. The van der Waals surface area contributed by atoms with E-state index in [0.717, 1.165) is 11.3 Å². The fourth-order valence-electron chi connectivity index (χ4n) is 1.84. The number of amides is 1. The summed E-state index contributed by atoms with van der Waals surface area (Å²) in [6.07, 6.45) is -0.410. The third kappa shape index (κ3) is 5.48. The van der Waals surface area contributed by atoms with E-state index in [9.17, 15) is 4.79 Å². The Morgan fingerprint density at radius 1 is 1.43 bits per heavy atom. The number of ether oxygens (including phenoxy) is 1. The zero-order chi connectivity index (χ0) is 16.0. The van der Waals surface area contributed by atoms with Crippen molar-refractivity contribution in [2.75, 3.05) is 13.1 Å². The van der Waals surface area contributed by atoms with Crippen molar-refractivity contribution in [3.05, 3.63) is 23.0 Å². The molecule has 116 valence electrons. The Balaban J connectivity index is 2.30. The maximum Gasteiger partial charge on any atom is 0.407 e. The molecule has 0 saturated heterocycles. The fourth-order valence-corrected chi connectivity index (χ4v) is 1.84. The van der Waals surface area contributed by atoms with Crippen LogP contribution in [0.25, 0.3) is 0 Å². The second-order valence-corrected chi connectivity index (χ2v) is 5.92. The first-order valence-corrected chi connectivity index (χ1v) is 6.97. The molecule has 0 saturated carbocycles. The van der Waals surface area contributed by atoms with Crippen molar-refractivity contribution >= 4 is 6.09 Å². The van der Waals surface area contributed by atoms with Crippen molar-refractivity contribution in [2.45, 2.75) is 39.8 Å². The van der Waals surface area contributed by atoms with Gasteiger partial charge in [-0.2, -0.15) is 5.26 Å². The summed E-state index contributed by atoms with van der Waals surface area (Å²) in [5.74, 6) is 0. The lowest BCUT2D eigenvalue weighted by atomic mass is 10.2. The Labute approximate surface area is 126 Å². The highest BCUT2D eigenvalue weighted by Gasteiger charge is 2.15. The van der Waals surface area contributed by atoms with Gasteiger partial charge < -0.3 is 19.9 Å². The summed E-state index contributed by atoms with van der Waals surface area (Å²) in [5, 5.41) is 14.9. The van der Waals surface area contributed by atoms with Gasteiger partial charge in [-0.1, -0.05) is 0 Å². The molecule has 0 radical (unpaired) electrons. The molecule has 1 heterocycles. The van der Waals surface area contributed by atoms with Gasteiger partial charge in [0.1, 0.15) is 17.4 Å². The predicted octanol–water partition coefficient (Wildman–Crippen LogP) is 1.82. The molecule has 0 aliphatic heterocycles. The van der Waals surface area contributed by atoms with Gasteiger partial charge in [0, 0.05) is 32.4 Å². The number of nitrogens with zero attached hydrogens (tertiary/aromatic N) is 2. The van der Waals surface area contributed by atoms with E-state index in [4.69, 9.17) is 10.00 Å². The van der Waals surface area contributed by atoms with Crippen molar-refractivity contribution in [2.24, 2.45) is 7.05 Å². The molecular formula is C15H24N4O2. The SMILES string of the molecule is Cc1c(CNCCNC(=O)OC(C)(C)C)cc(C#N)n1C. The van der Waals surface area contributed by atoms with Crippen LogP contribution in [0, 0.1) is 18.3 Å². The number of rotatable bonds is 5. The lowest BCUT2D eigenvalue weighted by Gasteiger charge is -2.19. The van der Waals surface area contributed by atoms with Crippen molar-refractivity contribution < 1.29 is 9.53 Å². The Morgan fingerprint density at radius 3 is 2.62 bits per heavy atom. The average molecular weight is 292 g/mol. The van der Waals surface area contributed by atoms with Gasteiger partial charge in [-0.05, 0) is 39.3 Å². The minimum Gasteiger partial charge on any atom is -0.444 e. The summed E-state index contributed by atoms with van der Waals surface area (Å²) in [5.41, 5.74) is 2.33. The van der Waals surface area contributed by atoms with Gasteiger partial charge >= 0.3 is 6.09 Å². The molecule has 0 unspecified atom stereocenters. The van der Waals surface area contributed by atoms with E-state index in [1.807, 2.05) is 45.4 Å². The van der Waals surface area contributed by atoms with Crippen molar-refractivity contribution in [1.82, 2.24) is 15.2 Å². The molecule has 1 aromatic rings. The van der Waals surface area contributed by atoms with Crippen LogP contribution in [0.4, 0.5) is 4.79 Å². The molecule has 0 fully saturated rings. The van der Waals surface area contributed by atoms with Gasteiger partial charge in [0.25, 0.3) is 0 Å². The van der Waals surface area contributed by atoms with Gasteiger partial charge in [0.15, 0.2) is 0 Å². The van der Waals surface area contributed by atoms with E-state index in [2.05, 4.69) is 16.7 Å².